The van der Waals surface area contributed by atoms with Crippen molar-refractivity contribution in [2.24, 2.45) is 0 Å². The first-order chi connectivity index (χ1) is 8.31. The van der Waals surface area contributed by atoms with E-state index in [0.717, 1.165) is 29.6 Å². The molecule has 4 heteroatoms. The molecule has 0 spiro atoms. The minimum absolute atomic E-state index is 0.644. The Kier molecular flexibility index (Phi) is 3.88. The van der Waals surface area contributed by atoms with Gasteiger partial charge in [-0.1, -0.05) is 25.1 Å². The molecule has 2 N–H and O–H groups in total. The maximum atomic E-state index is 5.21. The number of nitrogens with zero attached hydrogens (tertiary/aromatic N) is 1. The number of hydrogen-bond donors (Lipinski definition) is 2. The SMILES string of the molecule is CCCNC(=S)Nc1cccc2cccnc12. The van der Waals surface area contributed by atoms with Gasteiger partial charge in [0.2, 0.25) is 0 Å². The van der Waals surface area contributed by atoms with Gasteiger partial charge in [0, 0.05) is 18.1 Å². The number of para-hydroxylation sites is 1. The molecular weight excluding hydrogens is 230 g/mol. The molecule has 2 aromatic rings. The first kappa shape index (κ1) is 11.8. The molecule has 0 aliphatic rings. The topological polar surface area (TPSA) is 37.0 Å². The summed E-state index contributed by atoms with van der Waals surface area (Å²) >= 11 is 5.21. The van der Waals surface area contributed by atoms with Crippen molar-refractivity contribution in [3.8, 4) is 0 Å². The van der Waals surface area contributed by atoms with Gasteiger partial charge in [-0.25, -0.2) is 0 Å². The summed E-state index contributed by atoms with van der Waals surface area (Å²) in [5.41, 5.74) is 1.88. The van der Waals surface area contributed by atoms with Crippen LogP contribution in [-0.2, 0) is 0 Å². The highest BCUT2D eigenvalue weighted by atomic mass is 32.1. The van der Waals surface area contributed by atoms with Crippen molar-refractivity contribution in [1.29, 1.82) is 0 Å². The lowest BCUT2D eigenvalue weighted by Crippen LogP contribution is -2.29. The maximum Gasteiger partial charge on any atom is 0.170 e. The van der Waals surface area contributed by atoms with Crippen LogP contribution in [0.25, 0.3) is 10.9 Å². The van der Waals surface area contributed by atoms with E-state index in [1.165, 1.54) is 0 Å². The molecule has 0 bridgehead atoms. The fourth-order valence-electron chi connectivity index (χ4n) is 1.61. The fraction of sp³-hybridized carbons (Fsp3) is 0.231. The van der Waals surface area contributed by atoms with Gasteiger partial charge in [-0.3, -0.25) is 4.98 Å². The van der Waals surface area contributed by atoms with Crippen LogP contribution in [0.5, 0.6) is 0 Å². The lowest BCUT2D eigenvalue weighted by Gasteiger charge is -2.11. The predicted molar refractivity (Wildman–Crippen MR) is 76.3 cm³/mol. The van der Waals surface area contributed by atoms with Crippen LogP contribution in [0, 0.1) is 0 Å². The minimum atomic E-state index is 0.644. The van der Waals surface area contributed by atoms with Crippen molar-refractivity contribution >= 4 is 33.9 Å². The quantitative estimate of drug-likeness (QED) is 0.815. The average Bonchev–Trinajstić information content (AvgIpc) is 2.37. The highest BCUT2D eigenvalue weighted by Gasteiger charge is 2.02. The summed E-state index contributed by atoms with van der Waals surface area (Å²) < 4.78 is 0. The van der Waals surface area contributed by atoms with Gasteiger partial charge < -0.3 is 10.6 Å². The number of nitrogens with one attached hydrogen (secondary N) is 2. The molecule has 3 nitrogen and oxygen atoms in total. The van der Waals surface area contributed by atoms with Crippen molar-refractivity contribution in [2.75, 3.05) is 11.9 Å². The molecule has 0 fully saturated rings. The lowest BCUT2D eigenvalue weighted by molar-refractivity contribution is 0.846. The van der Waals surface area contributed by atoms with Gasteiger partial charge in [0.25, 0.3) is 0 Å². The van der Waals surface area contributed by atoms with Crippen LogP contribution in [-0.4, -0.2) is 16.6 Å². The summed E-state index contributed by atoms with van der Waals surface area (Å²) in [5, 5.41) is 8.07. The van der Waals surface area contributed by atoms with Crippen LogP contribution in [0.3, 0.4) is 0 Å². The summed E-state index contributed by atoms with van der Waals surface area (Å²) in [6.07, 6.45) is 2.84. The number of aromatic nitrogens is 1. The first-order valence-corrected chi connectivity index (χ1v) is 6.10. The summed E-state index contributed by atoms with van der Waals surface area (Å²) in [6, 6.07) is 9.98. The number of thiocarbonyl (C=S) groups is 1. The molecule has 0 saturated heterocycles. The number of rotatable bonds is 3. The van der Waals surface area contributed by atoms with Gasteiger partial charge in [0.1, 0.15) is 0 Å². The summed E-state index contributed by atoms with van der Waals surface area (Å²) in [6.45, 7) is 2.99. The molecule has 0 saturated carbocycles. The number of hydrogen-bond acceptors (Lipinski definition) is 2. The number of pyridine rings is 1. The van der Waals surface area contributed by atoms with Crippen LogP contribution < -0.4 is 10.6 Å². The van der Waals surface area contributed by atoms with E-state index >= 15 is 0 Å². The molecule has 0 amide bonds. The second-order valence-corrected chi connectivity index (χ2v) is 4.17. The van der Waals surface area contributed by atoms with Crippen LogP contribution in [0.1, 0.15) is 13.3 Å². The molecule has 0 aliphatic heterocycles. The van der Waals surface area contributed by atoms with Gasteiger partial charge in [-0.2, -0.15) is 0 Å². The zero-order chi connectivity index (χ0) is 12.1. The number of benzene rings is 1. The highest BCUT2D eigenvalue weighted by molar-refractivity contribution is 7.80. The Bertz CT molecular complexity index is 520. The Morgan fingerprint density at radius 1 is 1.29 bits per heavy atom. The molecule has 17 heavy (non-hydrogen) atoms. The van der Waals surface area contributed by atoms with Crippen molar-refractivity contribution in [2.45, 2.75) is 13.3 Å². The molecule has 1 aromatic heterocycles. The number of fused-ring (bicyclic) bond motifs is 1. The summed E-state index contributed by atoms with van der Waals surface area (Å²) in [7, 11) is 0. The Morgan fingerprint density at radius 2 is 2.12 bits per heavy atom. The van der Waals surface area contributed by atoms with E-state index in [4.69, 9.17) is 12.2 Å². The molecule has 0 atom stereocenters. The van der Waals surface area contributed by atoms with Crippen LogP contribution in [0.15, 0.2) is 36.5 Å². The zero-order valence-corrected chi connectivity index (χ0v) is 10.6. The molecule has 0 radical (unpaired) electrons. The van der Waals surface area contributed by atoms with Gasteiger partial charge in [0.15, 0.2) is 5.11 Å². The lowest BCUT2D eigenvalue weighted by atomic mass is 10.2. The smallest absolute Gasteiger partial charge is 0.170 e. The van der Waals surface area contributed by atoms with E-state index in [0.29, 0.717) is 5.11 Å². The third kappa shape index (κ3) is 2.91. The normalized spacial score (nSPS) is 10.2. The standard InChI is InChI=1S/C13H15N3S/c1-2-8-15-13(17)16-11-7-3-5-10-6-4-9-14-12(10)11/h3-7,9H,2,8H2,1H3,(H2,15,16,17). The fourth-order valence-corrected chi connectivity index (χ4v) is 1.82. The monoisotopic (exact) mass is 245 g/mol. The Hall–Kier alpha value is -1.68. The number of anilines is 1. The van der Waals surface area contributed by atoms with Crippen molar-refractivity contribution in [1.82, 2.24) is 10.3 Å². The van der Waals surface area contributed by atoms with E-state index in [9.17, 15) is 0 Å². The average molecular weight is 245 g/mol. The third-order valence-electron chi connectivity index (χ3n) is 2.42. The third-order valence-corrected chi connectivity index (χ3v) is 2.66. The van der Waals surface area contributed by atoms with E-state index in [-0.39, 0.29) is 0 Å². The predicted octanol–water partition coefficient (Wildman–Crippen LogP) is 2.93. The minimum Gasteiger partial charge on any atom is -0.362 e. The second kappa shape index (κ2) is 5.59. The van der Waals surface area contributed by atoms with Crippen molar-refractivity contribution in [3.63, 3.8) is 0 Å². The molecule has 1 aromatic carbocycles. The molecule has 88 valence electrons. The van der Waals surface area contributed by atoms with Gasteiger partial charge in [-0.15, -0.1) is 0 Å². The summed E-state index contributed by atoms with van der Waals surface area (Å²) in [4.78, 5) is 4.36. The van der Waals surface area contributed by atoms with E-state index < -0.39 is 0 Å². The van der Waals surface area contributed by atoms with Crippen molar-refractivity contribution < 1.29 is 0 Å². The zero-order valence-electron chi connectivity index (χ0n) is 9.73. The molecule has 0 unspecified atom stereocenters. The van der Waals surface area contributed by atoms with Gasteiger partial charge in [-0.05, 0) is 30.8 Å². The maximum absolute atomic E-state index is 5.21. The molecule has 2 rings (SSSR count). The van der Waals surface area contributed by atoms with E-state index in [1.807, 2.05) is 30.3 Å². The van der Waals surface area contributed by atoms with Gasteiger partial charge in [0.05, 0.1) is 11.2 Å². The van der Waals surface area contributed by atoms with E-state index in [1.54, 1.807) is 6.20 Å². The summed E-state index contributed by atoms with van der Waals surface area (Å²) in [5.74, 6) is 0. The molecule has 1 heterocycles. The Balaban J connectivity index is 2.21. The van der Waals surface area contributed by atoms with Crippen LogP contribution in [0.4, 0.5) is 5.69 Å². The highest BCUT2D eigenvalue weighted by Crippen LogP contribution is 2.20. The molecule has 0 aliphatic carbocycles. The largest absolute Gasteiger partial charge is 0.362 e. The Morgan fingerprint density at radius 3 is 2.94 bits per heavy atom. The second-order valence-electron chi connectivity index (χ2n) is 3.76. The van der Waals surface area contributed by atoms with Gasteiger partial charge >= 0.3 is 0 Å². The van der Waals surface area contributed by atoms with E-state index in [2.05, 4.69) is 22.5 Å². The Labute approximate surface area is 106 Å². The van der Waals surface area contributed by atoms with Crippen LogP contribution in [0.2, 0.25) is 0 Å². The van der Waals surface area contributed by atoms with Crippen LogP contribution >= 0.6 is 12.2 Å². The first-order valence-electron chi connectivity index (χ1n) is 5.70. The molecular formula is C13H15N3S. The van der Waals surface area contributed by atoms with Crippen molar-refractivity contribution in [3.05, 3.63) is 36.5 Å².